The molecule has 0 bridgehead atoms. The van der Waals surface area contributed by atoms with Gasteiger partial charge in [-0.05, 0) is 13.3 Å². The summed E-state index contributed by atoms with van der Waals surface area (Å²) >= 11 is 0. The molecule has 1 atom stereocenters. The number of aryl methyl sites for hydroxylation is 1. The summed E-state index contributed by atoms with van der Waals surface area (Å²) in [4.78, 5) is 11.0. The first-order valence-electron chi connectivity index (χ1n) is 6.38. The van der Waals surface area contributed by atoms with Gasteiger partial charge in [-0.3, -0.25) is 14.9 Å². The van der Waals surface area contributed by atoms with Crippen LogP contribution in [0.4, 0.5) is 0 Å². The second-order valence-electron chi connectivity index (χ2n) is 4.66. The van der Waals surface area contributed by atoms with Gasteiger partial charge in [-0.2, -0.15) is 0 Å². The van der Waals surface area contributed by atoms with E-state index in [9.17, 15) is 0 Å². The Bertz CT molecular complexity index is 356. The van der Waals surface area contributed by atoms with Crippen LogP contribution in [0.2, 0.25) is 0 Å². The third-order valence-electron chi connectivity index (χ3n) is 3.09. The van der Waals surface area contributed by atoms with Crippen LogP contribution in [0.5, 0.6) is 0 Å². The molecule has 1 aromatic heterocycles. The fraction of sp³-hybridized carbons (Fsp3) is 0.692. The summed E-state index contributed by atoms with van der Waals surface area (Å²) in [7, 11) is 1.72. The van der Waals surface area contributed by atoms with E-state index in [0.717, 1.165) is 50.7 Å². The fourth-order valence-corrected chi connectivity index (χ4v) is 2.08. The Morgan fingerprint density at radius 1 is 1.44 bits per heavy atom. The lowest BCUT2D eigenvalue weighted by atomic mass is 10.2. The Morgan fingerprint density at radius 3 is 3.06 bits per heavy atom. The molecule has 5 nitrogen and oxygen atoms in total. The first-order chi connectivity index (χ1) is 8.78. The zero-order valence-corrected chi connectivity index (χ0v) is 11.1. The van der Waals surface area contributed by atoms with Crippen molar-refractivity contribution in [3.63, 3.8) is 0 Å². The summed E-state index contributed by atoms with van der Waals surface area (Å²) in [5.74, 6) is 0. The van der Waals surface area contributed by atoms with Crippen LogP contribution in [0.1, 0.15) is 17.8 Å². The molecule has 100 valence electrons. The minimum atomic E-state index is 0.275. The van der Waals surface area contributed by atoms with Gasteiger partial charge in [0.15, 0.2) is 0 Å². The van der Waals surface area contributed by atoms with Crippen molar-refractivity contribution in [1.82, 2.24) is 14.9 Å². The first kappa shape index (κ1) is 13.4. The average Bonchev–Trinajstić information content (AvgIpc) is 2.40. The molecule has 2 rings (SSSR count). The lowest BCUT2D eigenvalue weighted by Gasteiger charge is -2.32. The van der Waals surface area contributed by atoms with Crippen molar-refractivity contribution in [3.8, 4) is 0 Å². The SMILES string of the molecule is COCCC1CN(Cc2cnc(C)cn2)CCO1. The van der Waals surface area contributed by atoms with Gasteiger partial charge in [0.1, 0.15) is 0 Å². The number of methoxy groups -OCH3 is 1. The molecule has 2 heterocycles. The Kier molecular flexibility index (Phi) is 5.04. The van der Waals surface area contributed by atoms with E-state index in [-0.39, 0.29) is 6.10 Å². The quantitative estimate of drug-likeness (QED) is 0.782. The minimum Gasteiger partial charge on any atom is -0.385 e. The van der Waals surface area contributed by atoms with E-state index in [4.69, 9.17) is 9.47 Å². The first-order valence-corrected chi connectivity index (χ1v) is 6.38. The number of ether oxygens (including phenoxy) is 2. The van der Waals surface area contributed by atoms with Crippen molar-refractivity contribution in [3.05, 3.63) is 23.8 Å². The maximum atomic E-state index is 5.71. The fourth-order valence-electron chi connectivity index (χ4n) is 2.08. The van der Waals surface area contributed by atoms with Gasteiger partial charge < -0.3 is 9.47 Å². The smallest absolute Gasteiger partial charge is 0.0727 e. The number of morpholine rings is 1. The topological polar surface area (TPSA) is 47.5 Å². The predicted octanol–water partition coefficient (Wildman–Crippen LogP) is 1.02. The number of aromatic nitrogens is 2. The summed E-state index contributed by atoms with van der Waals surface area (Å²) in [5, 5.41) is 0. The number of hydrogen-bond donors (Lipinski definition) is 0. The van der Waals surface area contributed by atoms with Gasteiger partial charge in [-0.15, -0.1) is 0 Å². The second kappa shape index (κ2) is 6.78. The standard InChI is InChI=1S/C13H21N3O2/c1-11-7-15-12(8-14-11)9-16-4-6-18-13(10-16)3-5-17-2/h7-8,13H,3-6,9-10H2,1-2H3. The summed E-state index contributed by atoms with van der Waals surface area (Å²) in [6, 6.07) is 0. The van der Waals surface area contributed by atoms with Gasteiger partial charge in [0.2, 0.25) is 0 Å². The Morgan fingerprint density at radius 2 is 2.33 bits per heavy atom. The lowest BCUT2D eigenvalue weighted by Crippen LogP contribution is -2.42. The monoisotopic (exact) mass is 251 g/mol. The van der Waals surface area contributed by atoms with Crippen molar-refractivity contribution < 1.29 is 9.47 Å². The molecular formula is C13H21N3O2. The van der Waals surface area contributed by atoms with Gasteiger partial charge in [-0.25, -0.2) is 0 Å². The highest BCUT2D eigenvalue weighted by Crippen LogP contribution is 2.11. The van der Waals surface area contributed by atoms with Crippen LogP contribution in [0.3, 0.4) is 0 Å². The van der Waals surface area contributed by atoms with E-state index in [1.165, 1.54) is 0 Å². The normalized spacial score (nSPS) is 21.1. The second-order valence-corrected chi connectivity index (χ2v) is 4.66. The molecule has 0 aliphatic carbocycles. The highest BCUT2D eigenvalue weighted by atomic mass is 16.5. The van der Waals surface area contributed by atoms with Crippen LogP contribution < -0.4 is 0 Å². The molecule has 1 fully saturated rings. The van der Waals surface area contributed by atoms with Gasteiger partial charge in [-0.1, -0.05) is 0 Å². The summed E-state index contributed by atoms with van der Waals surface area (Å²) in [5.41, 5.74) is 1.98. The van der Waals surface area contributed by atoms with Crippen LogP contribution in [-0.4, -0.2) is 54.4 Å². The maximum absolute atomic E-state index is 5.71. The van der Waals surface area contributed by atoms with Crippen LogP contribution in [-0.2, 0) is 16.0 Å². The number of rotatable bonds is 5. The molecule has 5 heteroatoms. The van der Waals surface area contributed by atoms with Gasteiger partial charge in [0.25, 0.3) is 0 Å². The molecule has 1 aliphatic heterocycles. The molecule has 1 aromatic rings. The van der Waals surface area contributed by atoms with Crippen molar-refractivity contribution in [2.24, 2.45) is 0 Å². The number of nitrogens with zero attached hydrogens (tertiary/aromatic N) is 3. The zero-order valence-electron chi connectivity index (χ0n) is 11.1. The van der Waals surface area contributed by atoms with E-state index in [2.05, 4.69) is 14.9 Å². The van der Waals surface area contributed by atoms with Crippen molar-refractivity contribution in [2.75, 3.05) is 33.4 Å². The third kappa shape index (κ3) is 4.01. The Hall–Kier alpha value is -1.04. The van der Waals surface area contributed by atoms with Gasteiger partial charge in [0, 0.05) is 45.7 Å². The highest BCUT2D eigenvalue weighted by molar-refractivity contribution is 5.00. The van der Waals surface area contributed by atoms with Crippen LogP contribution in [0, 0.1) is 6.92 Å². The van der Waals surface area contributed by atoms with Crippen molar-refractivity contribution >= 4 is 0 Å². The number of hydrogen-bond acceptors (Lipinski definition) is 5. The summed E-state index contributed by atoms with van der Waals surface area (Å²) < 4.78 is 10.8. The highest BCUT2D eigenvalue weighted by Gasteiger charge is 2.20. The van der Waals surface area contributed by atoms with Crippen LogP contribution in [0.25, 0.3) is 0 Å². The van der Waals surface area contributed by atoms with Crippen LogP contribution in [0.15, 0.2) is 12.4 Å². The molecule has 1 saturated heterocycles. The zero-order chi connectivity index (χ0) is 12.8. The Labute approximate surface area is 108 Å². The van der Waals surface area contributed by atoms with Gasteiger partial charge in [0.05, 0.1) is 24.1 Å². The molecule has 0 N–H and O–H groups in total. The summed E-state index contributed by atoms with van der Waals surface area (Å²) in [6.07, 6.45) is 4.90. The molecule has 1 unspecified atom stereocenters. The van der Waals surface area contributed by atoms with Crippen LogP contribution >= 0.6 is 0 Å². The summed E-state index contributed by atoms with van der Waals surface area (Å²) in [6.45, 7) is 6.24. The lowest BCUT2D eigenvalue weighted by molar-refractivity contribution is -0.0435. The molecule has 0 saturated carbocycles. The Balaban J connectivity index is 1.83. The van der Waals surface area contributed by atoms with Crippen molar-refractivity contribution in [1.29, 1.82) is 0 Å². The third-order valence-corrected chi connectivity index (χ3v) is 3.09. The van der Waals surface area contributed by atoms with E-state index in [1.807, 2.05) is 19.3 Å². The molecule has 0 aromatic carbocycles. The van der Waals surface area contributed by atoms with Crippen molar-refractivity contribution in [2.45, 2.75) is 26.0 Å². The molecule has 0 amide bonds. The molecule has 18 heavy (non-hydrogen) atoms. The van der Waals surface area contributed by atoms with E-state index in [1.54, 1.807) is 7.11 Å². The van der Waals surface area contributed by atoms with Gasteiger partial charge >= 0.3 is 0 Å². The minimum absolute atomic E-state index is 0.275. The van der Waals surface area contributed by atoms with E-state index in [0.29, 0.717) is 0 Å². The molecule has 1 aliphatic rings. The van der Waals surface area contributed by atoms with E-state index < -0.39 is 0 Å². The van der Waals surface area contributed by atoms with E-state index >= 15 is 0 Å². The maximum Gasteiger partial charge on any atom is 0.0727 e. The average molecular weight is 251 g/mol. The largest absolute Gasteiger partial charge is 0.385 e. The molecule has 0 radical (unpaired) electrons. The molecule has 0 spiro atoms. The molecular weight excluding hydrogens is 230 g/mol. The predicted molar refractivity (Wildman–Crippen MR) is 68.3 cm³/mol.